The van der Waals surface area contributed by atoms with Crippen LogP contribution in [-0.4, -0.2) is 117 Å². The second-order valence-corrected chi connectivity index (χ2v) is 36.3. The molecule has 0 spiro atoms. The van der Waals surface area contributed by atoms with Crippen molar-refractivity contribution >= 4 is 55.9 Å². The SMILES string of the molecule is C=C(F)C(=O)CC(C)(C)C.CC(C)(C)CC1=NC(C)(C)CO1.CC(C)(C)CC1=NC(C)(C)CS1.CC(C)(C)c1ccc(CCCCS(C)(=O)=O)o1.COCC(=O)CC/C=C/C(C)(C)C.C[C@@H]1COC(CC(C)(C)C)=N1.C[C@H]1COC(CC(C)(C)C)=N1. The molecule has 13 nitrogen and oxygen atoms in total. The third-order valence-corrected chi connectivity index (χ3v) is 14.0. The maximum atomic E-state index is 12.1. The fourth-order valence-corrected chi connectivity index (χ4v) is 9.82. The first-order valence-electron chi connectivity index (χ1n) is 31.1. The maximum Gasteiger partial charge on any atom is 0.191 e. The fourth-order valence-electron chi connectivity index (χ4n) is 7.66. The number of ether oxygens (including phenoxy) is 4. The van der Waals surface area contributed by atoms with Crippen LogP contribution in [-0.2, 0) is 50.2 Å². The van der Waals surface area contributed by atoms with Crippen LogP contribution in [0.1, 0.15) is 256 Å². The molecule has 0 aromatic carbocycles. The minimum absolute atomic E-state index is 0.000579. The molecule has 0 saturated heterocycles. The Hall–Kier alpha value is -3.63. The fraction of sp³-hybridized carbons (Fsp3) is 0.800. The van der Waals surface area contributed by atoms with E-state index in [0.29, 0.717) is 41.2 Å². The van der Waals surface area contributed by atoms with Gasteiger partial charge in [0, 0.05) is 75.2 Å². The van der Waals surface area contributed by atoms with Crippen molar-refractivity contribution < 1.29 is 45.8 Å². The average Bonchev–Trinajstić information content (AvgIpc) is 4.20. The minimum Gasteiger partial charge on any atom is -0.479 e. The van der Waals surface area contributed by atoms with Crippen LogP contribution in [0.15, 0.2) is 61.1 Å². The van der Waals surface area contributed by atoms with Crippen LogP contribution in [0.5, 0.6) is 0 Å². The Morgan fingerprint density at radius 3 is 1.49 bits per heavy atom. The van der Waals surface area contributed by atoms with Crippen LogP contribution in [0, 0.1) is 32.5 Å². The molecule has 500 valence electrons. The number of rotatable bonds is 16. The Labute approximate surface area is 530 Å². The molecule has 0 bridgehead atoms. The summed E-state index contributed by atoms with van der Waals surface area (Å²) < 4.78 is 60.7. The summed E-state index contributed by atoms with van der Waals surface area (Å²) in [6.07, 6.45) is 13.4. The van der Waals surface area contributed by atoms with E-state index in [0.717, 1.165) is 99.7 Å². The highest BCUT2D eigenvalue weighted by Gasteiger charge is 2.30. The number of methoxy groups -OCH3 is 1. The van der Waals surface area contributed by atoms with E-state index in [1.165, 1.54) is 11.3 Å². The lowest BCUT2D eigenvalue weighted by Gasteiger charge is -2.17. The Morgan fingerprint density at radius 2 is 1.17 bits per heavy atom. The highest BCUT2D eigenvalue weighted by Crippen LogP contribution is 2.34. The average molecular weight is 1250 g/mol. The quantitative estimate of drug-likeness (QED) is 0.0882. The molecule has 0 radical (unpaired) electrons. The van der Waals surface area contributed by atoms with Crippen molar-refractivity contribution in [2.75, 3.05) is 51.3 Å². The van der Waals surface area contributed by atoms with Gasteiger partial charge in [-0.2, -0.15) is 0 Å². The number of aryl methyl sites for hydroxylation is 1. The Balaban J connectivity index is 0. The number of hydrogen-bond acceptors (Lipinski definition) is 14. The van der Waals surface area contributed by atoms with Gasteiger partial charge >= 0.3 is 0 Å². The molecular weight excluding hydrogens is 1120 g/mol. The van der Waals surface area contributed by atoms with Crippen LogP contribution < -0.4 is 0 Å². The summed E-state index contributed by atoms with van der Waals surface area (Å²) in [7, 11) is -1.28. The summed E-state index contributed by atoms with van der Waals surface area (Å²) in [5.41, 5.74) is 1.53. The second-order valence-electron chi connectivity index (χ2n) is 33.0. The van der Waals surface area contributed by atoms with Gasteiger partial charge in [-0.25, -0.2) is 27.8 Å². The number of aliphatic imine (C=N–C) groups is 4. The first-order chi connectivity index (χ1) is 38.5. The van der Waals surface area contributed by atoms with Gasteiger partial charge in [0.15, 0.2) is 35.1 Å². The lowest BCUT2D eigenvalue weighted by Crippen LogP contribution is -2.17. The van der Waals surface area contributed by atoms with Crippen LogP contribution in [0.25, 0.3) is 0 Å². The maximum absolute atomic E-state index is 12.1. The van der Waals surface area contributed by atoms with Gasteiger partial charge in [0.1, 0.15) is 47.8 Å². The number of furan rings is 1. The molecule has 1 aromatic rings. The molecule has 0 saturated carbocycles. The van der Waals surface area contributed by atoms with E-state index in [1.54, 1.807) is 7.11 Å². The van der Waals surface area contributed by atoms with Gasteiger partial charge in [0.2, 0.25) is 0 Å². The number of carbonyl (C=O) groups excluding carboxylic acids is 2. The summed E-state index contributed by atoms with van der Waals surface area (Å²) in [6.45, 7) is 63.2. The number of thioether (sulfide) groups is 1. The number of Topliss-reactive ketones (excluding diaryl/α,β-unsaturated/α-hetero) is 2. The smallest absolute Gasteiger partial charge is 0.191 e. The Kier molecular flexibility index (Phi) is 36.2. The van der Waals surface area contributed by atoms with Gasteiger partial charge in [-0.05, 0) is 105 Å². The monoisotopic (exact) mass is 1250 g/mol. The number of halogens is 1. The van der Waals surface area contributed by atoms with Crippen molar-refractivity contribution in [1.29, 1.82) is 0 Å². The van der Waals surface area contributed by atoms with Crippen molar-refractivity contribution in [1.82, 2.24) is 0 Å². The molecule has 4 aliphatic heterocycles. The number of nitrogens with zero attached hydrogens (tertiary/aromatic N) is 4. The zero-order chi connectivity index (χ0) is 67.6. The molecule has 86 heavy (non-hydrogen) atoms. The Bertz CT molecular complexity index is 2370. The molecular formula is C70H127FN4O9S2. The molecule has 0 N–H and O–H groups in total. The number of unbranched alkanes of at least 4 members (excludes halogenated alkanes) is 1. The van der Waals surface area contributed by atoms with E-state index in [4.69, 9.17) is 23.4 Å². The Morgan fingerprint density at radius 1 is 0.698 bits per heavy atom. The highest BCUT2D eigenvalue weighted by molar-refractivity contribution is 8.14. The van der Waals surface area contributed by atoms with E-state index in [1.807, 2.05) is 44.7 Å². The second kappa shape index (κ2) is 36.9. The lowest BCUT2D eigenvalue weighted by atomic mass is 9.90. The van der Waals surface area contributed by atoms with Crippen LogP contribution in [0.2, 0.25) is 0 Å². The lowest BCUT2D eigenvalue weighted by molar-refractivity contribution is -0.122. The van der Waals surface area contributed by atoms with Crippen LogP contribution in [0.3, 0.4) is 0 Å². The van der Waals surface area contributed by atoms with Crippen LogP contribution >= 0.6 is 11.8 Å². The molecule has 16 heteroatoms. The molecule has 2 atom stereocenters. The van der Waals surface area contributed by atoms with Crippen LogP contribution in [0.4, 0.5) is 4.39 Å². The predicted molar refractivity (Wildman–Crippen MR) is 368 cm³/mol. The van der Waals surface area contributed by atoms with Gasteiger partial charge in [-0.1, -0.05) is 164 Å². The van der Waals surface area contributed by atoms with Gasteiger partial charge in [-0.3, -0.25) is 14.6 Å². The topological polar surface area (TPSA) is 168 Å². The first kappa shape index (κ1) is 84.4. The van der Waals surface area contributed by atoms with Gasteiger partial charge in [-0.15, -0.1) is 11.8 Å². The summed E-state index contributed by atoms with van der Waals surface area (Å²) in [5.74, 6) is 4.98. The van der Waals surface area contributed by atoms with Crippen molar-refractivity contribution in [2.45, 2.75) is 280 Å². The number of allylic oxidation sites excluding steroid dienone is 3. The van der Waals surface area contributed by atoms with E-state index in [9.17, 15) is 22.4 Å². The van der Waals surface area contributed by atoms with Crippen molar-refractivity contribution in [3.63, 3.8) is 0 Å². The van der Waals surface area contributed by atoms with Crippen molar-refractivity contribution in [3.8, 4) is 0 Å². The number of sulfone groups is 1. The third kappa shape index (κ3) is 51.3. The number of carbonyl (C=O) groups is 2. The largest absolute Gasteiger partial charge is 0.479 e. The van der Waals surface area contributed by atoms with E-state index in [-0.39, 0.29) is 57.3 Å². The molecule has 5 heterocycles. The molecule has 0 fully saturated rings. The van der Waals surface area contributed by atoms with Gasteiger partial charge < -0.3 is 23.4 Å². The van der Waals surface area contributed by atoms with E-state index >= 15 is 0 Å². The molecule has 1 aromatic heterocycles. The normalized spacial score (nSPS) is 18.3. The molecule has 0 unspecified atom stereocenters. The third-order valence-electron chi connectivity index (χ3n) is 11.6. The standard InChI is InChI=1S/C13H22O3S.C11H20O2.C10H19NO.C10H19NS.2C9H17NO.C8H13FO/c1-13(2,3)12-9-8-11(16-12)7-5-6-10-17(4,14)15;1-11(2,3)8-6-5-7-10(12)9-13-4;2*1-9(2,3)6-8-11-10(4,5)7-12-8;2*1-7-6-11-8(10-7)5-9(2,3)4;1-6(9)7(10)5-8(2,3)4/h8-9H,5-7,10H2,1-4H3;6,8H,5,7,9H2,1-4H3;2*6-7H2,1-5H3;2*7H,5-6H2,1-4H3;1,5H2,2-4H3/b;8-6+;;;;;/t;;;;2*7-;/m....10./s1. The summed E-state index contributed by atoms with van der Waals surface area (Å²) in [5, 5.41) is 1.34. The van der Waals surface area contributed by atoms with E-state index in [2.05, 4.69) is 205 Å². The summed E-state index contributed by atoms with van der Waals surface area (Å²) >= 11 is 1.93. The molecule has 5 rings (SSSR count). The molecule has 4 aliphatic rings. The van der Waals surface area contributed by atoms with Crippen molar-refractivity contribution in [3.05, 3.63) is 48.2 Å². The minimum atomic E-state index is -2.83. The molecule has 0 amide bonds. The molecule has 0 aliphatic carbocycles. The summed E-state index contributed by atoms with van der Waals surface area (Å²) in [4.78, 5) is 39.6. The summed E-state index contributed by atoms with van der Waals surface area (Å²) in [6, 6.07) is 4.73. The van der Waals surface area contributed by atoms with Gasteiger partial charge in [0.05, 0.1) is 28.2 Å². The number of ketones is 2. The van der Waals surface area contributed by atoms with E-state index < -0.39 is 21.4 Å². The van der Waals surface area contributed by atoms with Gasteiger partial charge in [0.25, 0.3) is 0 Å². The van der Waals surface area contributed by atoms with Crippen molar-refractivity contribution in [2.24, 2.45) is 52.5 Å². The first-order valence-corrected chi connectivity index (χ1v) is 34.2. The zero-order valence-electron chi connectivity index (χ0n) is 60.1. The predicted octanol–water partition coefficient (Wildman–Crippen LogP) is 18.5. The highest BCUT2D eigenvalue weighted by atomic mass is 32.2. The zero-order valence-corrected chi connectivity index (χ0v) is 61.8. The number of hydrogen-bond donors (Lipinski definition) is 0.